The molecule has 0 saturated heterocycles. The Morgan fingerprint density at radius 3 is 2.75 bits per heavy atom. The highest BCUT2D eigenvalue weighted by molar-refractivity contribution is 14.1. The molecule has 0 radical (unpaired) electrons. The van der Waals surface area contributed by atoms with Gasteiger partial charge in [0, 0.05) is 4.88 Å². The molecule has 0 atom stereocenters. The minimum Gasteiger partial charge on any atom is -0.137 e. The van der Waals surface area contributed by atoms with Crippen LogP contribution in [0.5, 0.6) is 0 Å². The first-order chi connectivity index (χ1) is 7.83. The third-order valence-electron chi connectivity index (χ3n) is 2.86. The highest BCUT2D eigenvalue weighted by Crippen LogP contribution is 2.36. The molecule has 5 heteroatoms. The van der Waals surface area contributed by atoms with Gasteiger partial charge in [0.1, 0.15) is 0 Å². The molecule has 0 aromatic carbocycles. The highest BCUT2D eigenvalue weighted by Gasteiger charge is 2.15. The van der Waals surface area contributed by atoms with E-state index < -0.39 is 0 Å². The van der Waals surface area contributed by atoms with E-state index in [0.29, 0.717) is 0 Å². The van der Waals surface area contributed by atoms with E-state index in [1.807, 2.05) is 11.3 Å². The average molecular weight is 362 g/mol. The van der Waals surface area contributed by atoms with Crippen LogP contribution in [0.3, 0.4) is 0 Å². The monoisotopic (exact) mass is 362 g/mol. The number of hydrogen-bond donors (Lipinski definition) is 0. The van der Waals surface area contributed by atoms with E-state index in [0.717, 1.165) is 8.02 Å². The van der Waals surface area contributed by atoms with E-state index in [9.17, 15) is 0 Å². The lowest BCUT2D eigenvalue weighted by atomic mass is 10.1. The first kappa shape index (κ1) is 11.1. The lowest BCUT2D eigenvalue weighted by Crippen LogP contribution is -1.80. The summed E-state index contributed by atoms with van der Waals surface area (Å²) in [6.45, 7) is 0. The van der Waals surface area contributed by atoms with Crippen LogP contribution < -0.4 is 0 Å². The SMILES string of the molecule is Ic1nnc(-c2cc3c(s2)CCCCC3)s1. The lowest BCUT2D eigenvalue weighted by molar-refractivity contribution is 0.713. The van der Waals surface area contributed by atoms with E-state index in [1.165, 1.54) is 37.0 Å². The van der Waals surface area contributed by atoms with Crippen molar-refractivity contribution in [1.82, 2.24) is 10.2 Å². The fourth-order valence-corrected chi connectivity index (χ4v) is 4.68. The van der Waals surface area contributed by atoms with Gasteiger partial charge in [-0.25, -0.2) is 0 Å². The third kappa shape index (κ3) is 2.17. The van der Waals surface area contributed by atoms with Gasteiger partial charge in [0.2, 0.25) is 0 Å². The van der Waals surface area contributed by atoms with E-state index in [1.54, 1.807) is 21.8 Å². The van der Waals surface area contributed by atoms with Gasteiger partial charge >= 0.3 is 0 Å². The van der Waals surface area contributed by atoms with Crippen molar-refractivity contribution in [1.29, 1.82) is 0 Å². The largest absolute Gasteiger partial charge is 0.178 e. The molecule has 0 N–H and O–H groups in total. The van der Waals surface area contributed by atoms with Crippen LogP contribution in [0, 0.1) is 3.01 Å². The van der Waals surface area contributed by atoms with Gasteiger partial charge in [-0.2, -0.15) is 0 Å². The summed E-state index contributed by atoms with van der Waals surface area (Å²) in [5, 5.41) is 9.39. The summed E-state index contributed by atoms with van der Waals surface area (Å²) in [5.74, 6) is 0. The topological polar surface area (TPSA) is 25.8 Å². The first-order valence-electron chi connectivity index (χ1n) is 5.44. The second-order valence-electron chi connectivity index (χ2n) is 3.98. The normalized spacial score (nSPS) is 15.8. The van der Waals surface area contributed by atoms with Crippen LogP contribution in [0.15, 0.2) is 6.07 Å². The molecule has 84 valence electrons. The standard InChI is InChI=1S/C11H11IN2S2/c12-11-14-13-10(16-11)9-6-7-4-2-1-3-5-8(7)15-9/h6H,1-5H2. The molecule has 3 rings (SSSR count). The Kier molecular flexibility index (Phi) is 3.26. The van der Waals surface area contributed by atoms with Crippen molar-refractivity contribution in [3.63, 3.8) is 0 Å². The molecule has 2 heterocycles. The summed E-state index contributed by atoms with van der Waals surface area (Å²) in [5.41, 5.74) is 1.56. The van der Waals surface area contributed by atoms with Crippen molar-refractivity contribution in [2.75, 3.05) is 0 Å². The van der Waals surface area contributed by atoms with Gasteiger partial charge in [-0.15, -0.1) is 21.5 Å². The van der Waals surface area contributed by atoms with Crippen molar-refractivity contribution < 1.29 is 0 Å². The molecule has 2 nitrogen and oxygen atoms in total. The number of aromatic nitrogens is 2. The predicted molar refractivity (Wildman–Crippen MR) is 77.2 cm³/mol. The van der Waals surface area contributed by atoms with Gasteiger partial charge in [-0.3, -0.25) is 0 Å². The summed E-state index contributed by atoms with van der Waals surface area (Å²) in [4.78, 5) is 2.89. The number of halogens is 1. The Labute approximate surface area is 116 Å². The van der Waals surface area contributed by atoms with Gasteiger partial charge in [0.15, 0.2) is 8.02 Å². The third-order valence-corrected chi connectivity index (χ3v) is 5.85. The number of aryl methyl sites for hydroxylation is 2. The van der Waals surface area contributed by atoms with Crippen molar-refractivity contribution in [3.05, 3.63) is 19.5 Å². The molecule has 2 aromatic heterocycles. The summed E-state index contributed by atoms with van der Waals surface area (Å²) >= 11 is 5.83. The van der Waals surface area contributed by atoms with E-state index in [4.69, 9.17) is 0 Å². The van der Waals surface area contributed by atoms with Crippen LogP contribution in [-0.2, 0) is 12.8 Å². The Morgan fingerprint density at radius 2 is 1.94 bits per heavy atom. The lowest BCUT2D eigenvalue weighted by Gasteiger charge is -1.92. The smallest absolute Gasteiger partial charge is 0.137 e. The van der Waals surface area contributed by atoms with Gasteiger partial charge in [0.05, 0.1) is 4.88 Å². The molecule has 0 aliphatic heterocycles. The number of thiophene rings is 1. The van der Waals surface area contributed by atoms with E-state index in [2.05, 4.69) is 38.9 Å². The number of nitrogens with zero attached hydrogens (tertiary/aromatic N) is 2. The van der Waals surface area contributed by atoms with Gasteiger partial charge in [-0.05, 0) is 59.9 Å². The van der Waals surface area contributed by atoms with Crippen molar-refractivity contribution >= 4 is 45.3 Å². The molecule has 0 unspecified atom stereocenters. The van der Waals surface area contributed by atoms with Gasteiger partial charge < -0.3 is 0 Å². The fourth-order valence-electron chi connectivity index (χ4n) is 2.08. The molecular formula is C11H11IN2S2. The van der Waals surface area contributed by atoms with Crippen molar-refractivity contribution in [2.45, 2.75) is 32.1 Å². The molecule has 0 bridgehead atoms. The quantitative estimate of drug-likeness (QED) is 0.563. The maximum absolute atomic E-state index is 4.22. The molecular weight excluding hydrogens is 351 g/mol. The van der Waals surface area contributed by atoms with E-state index >= 15 is 0 Å². The maximum Gasteiger partial charge on any atom is 0.178 e. The molecule has 1 aliphatic rings. The second-order valence-corrected chi connectivity index (χ2v) is 7.85. The van der Waals surface area contributed by atoms with Crippen LogP contribution >= 0.6 is 45.3 Å². The number of hydrogen-bond acceptors (Lipinski definition) is 4. The molecule has 0 saturated carbocycles. The van der Waals surface area contributed by atoms with Crippen LogP contribution in [0.2, 0.25) is 0 Å². The Bertz CT molecular complexity index is 480. The van der Waals surface area contributed by atoms with Gasteiger partial charge in [-0.1, -0.05) is 17.8 Å². The first-order valence-corrected chi connectivity index (χ1v) is 8.15. The van der Waals surface area contributed by atoms with Crippen LogP contribution in [0.1, 0.15) is 29.7 Å². The fraction of sp³-hybridized carbons (Fsp3) is 0.455. The van der Waals surface area contributed by atoms with Crippen LogP contribution in [-0.4, -0.2) is 10.2 Å². The zero-order valence-corrected chi connectivity index (χ0v) is 12.5. The van der Waals surface area contributed by atoms with Crippen LogP contribution in [0.25, 0.3) is 9.88 Å². The zero-order chi connectivity index (χ0) is 11.0. The summed E-state index contributed by atoms with van der Waals surface area (Å²) < 4.78 is 1.02. The summed E-state index contributed by atoms with van der Waals surface area (Å²) in [6.07, 6.45) is 6.59. The second kappa shape index (κ2) is 4.70. The van der Waals surface area contributed by atoms with Crippen LogP contribution in [0.4, 0.5) is 0 Å². The Hall–Kier alpha value is -0.0100. The predicted octanol–water partition coefficient (Wildman–Crippen LogP) is 4.14. The highest BCUT2D eigenvalue weighted by atomic mass is 127. The summed E-state index contributed by atoms with van der Waals surface area (Å²) in [6, 6.07) is 2.34. The minimum absolute atomic E-state index is 1.02. The molecule has 16 heavy (non-hydrogen) atoms. The average Bonchev–Trinajstić information content (AvgIpc) is 2.81. The van der Waals surface area contributed by atoms with Crippen molar-refractivity contribution in [2.24, 2.45) is 0 Å². The molecule has 0 fully saturated rings. The van der Waals surface area contributed by atoms with Crippen molar-refractivity contribution in [3.8, 4) is 9.88 Å². The van der Waals surface area contributed by atoms with Gasteiger partial charge in [0.25, 0.3) is 0 Å². The zero-order valence-electron chi connectivity index (χ0n) is 8.70. The van der Waals surface area contributed by atoms with E-state index in [-0.39, 0.29) is 0 Å². The molecule has 0 amide bonds. The Morgan fingerprint density at radius 1 is 1.06 bits per heavy atom. The summed E-state index contributed by atoms with van der Waals surface area (Å²) in [7, 11) is 0. The maximum atomic E-state index is 4.22. The molecule has 2 aromatic rings. The Balaban J connectivity index is 1.98. The molecule has 0 spiro atoms. The minimum atomic E-state index is 1.02. The number of fused-ring (bicyclic) bond motifs is 1. The number of rotatable bonds is 1. The molecule has 1 aliphatic carbocycles.